The van der Waals surface area contributed by atoms with Crippen molar-refractivity contribution in [3.63, 3.8) is 0 Å². The lowest BCUT2D eigenvalue weighted by Gasteiger charge is -2.27. The molecule has 3 heteroatoms. The molecule has 0 amide bonds. The normalized spacial score (nSPS) is 26.2. The first-order chi connectivity index (χ1) is 8.74. The fourth-order valence-electron chi connectivity index (χ4n) is 3.02. The summed E-state index contributed by atoms with van der Waals surface area (Å²) in [6.45, 7) is 7.68. The van der Waals surface area contributed by atoms with E-state index in [9.17, 15) is 0 Å². The van der Waals surface area contributed by atoms with Gasteiger partial charge in [-0.15, -0.1) is 0 Å². The van der Waals surface area contributed by atoms with Crippen LogP contribution >= 0.6 is 0 Å². The van der Waals surface area contributed by atoms with E-state index in [0.29, 0.717) is 12.1 Å². The summed E-state index contributed by atoms with van der Waals surface area (Å²) in [6.07, 6.45) is 11.0. The van der Waals surface area contributed by atoms with Gasteiger partial charge in [0.15, 0.2) is 0 Å². The van der Waals surface area contributed by atoms with Gasteiger partial charge in [0, 0.05) is 17.8 Å². The molecule has 1 aliphatic rings. The number of aromatic nitrogens is 2. The van der Waals surface area contributed by atoms with Crippen LogP contribution < -0.4 is 5.32 Å². The van der Waals surface area contributed by atoms with Crippen molar-refractivity contribution < 1.29 is 0 Å². The van der Waals surface area contributed by atoms with Crippen LogP contribution in [0.5, 0.6) is 0 Å². The molecule has 1 aliphatic carbocycles. The zero-order valence-corrected chi connectivity index (χ0v) is 12.0. The number of nitrogens with zero attached hydrogens (tertiary/aromatic N) is 2. The van der Waals surface area contributed by atoms with E-state index in [2.05, 4.69) is 42.1 Å². The third kappa shape index (κ3) is 3.14. The molecule has 0 saturated heterocycles. The van der Waals surface area contributed by atoms with Crippen LogP contribution in [0.2, 0.25) is 0 Å². The van der Waals surface area contributed by atoms with E-state index in [1.807, 2.05) is 6.20 Å². The van der Waals surface area contributed by atoms with E-state index < -0.39 is 0 Å². The summed E-state index contributed by atoms with van der Waals surface area (Å²) in [5, 5.41) is 8.01. The van der Waals surface area contributed by atoms with Crippen molar-refractivity contribution in [2.75, 3.05) is 6.54 Å². The summed E-state index contributed by atoms with van der Waals surface area (Å²) in [5.74, 6) is 0.956. The van der Waals surface area contributed by atoms with Gasteiger partial charge in [0.25, 0.3) is 0 Å². The van der Waals surface area contributed by atoms with Gasteiger partial charge in [-0.1, -0.05) is 20.3 Å². The maximum Gasteiger partial charge on any atom is 0.0537 e. The summed E-state index contributed by atoms with van der Waals surface area (Å²) in [6, 6.07) is 1.05. The van der Waals surface area contributed by atoms with Gasteiger partial charge in [0.05, 0.1) is 12.2 Å². The number of hydrogen-bond acceptors (Lipinski definition) is 2. The standard InChI is InChI=1S/C15H27N3/c1-4-13-6-8-15(9-7-13)18-11-14(10-17-18)12(3)16-5-2/h10-13,15-16H,4-9H2,1-3H3. The van der Waals surface area contributed by atoms with Gasteiger partial charge in [-0.05, 0) is 45.1 Å². The minimum atomic E-state index is 0.413. The number of nitrogens with one attached hydrogen (secondary N) is 1. The third-order valence-corrected chi connectivity index (χ3v) is 4.40. The molecule has 1 saturated carbocycles. The van der Waals surface area contributed by atoms with E-state index in [1.165, 1.54) is 37.7 Å². The highest BCUT2D eigenvalue weighted by molar-refractivity contribution is 5.09. The lowest BCUT2D eigenvalue weighted by Crippen LogP contribution is -2.19. The van der Waals surface area contributed by atoms with Crippen LogP contribution in [0.15, 0.2) is 12.4 Å². The monoisotopic (exact) mass is 249 g/mol. The second-order valence-electron chi connectivity index (χ2n) is 5.62. The maximum atomic E-state index is 4.57. The molecule has 1 unspecified atom stereocenters. The third-order valence-electron chi connectivity index (χ3n) is 4.40. The molecule has 102 valence electrons. The highest BCUT2D eigenvalue weighted by atomic mass is 15.3. The van der Waals surface area contributed by atoms with Crippen molar-refractivity contribution in [3.05, 3.63) is 18.0 Å². The molecule has 18 heavy (non-hydrogen) atoms. The second kappa shape index (κ2) is 6.37. The Morgan fingerprint density at radius 3 is 2.67 bits per heavy atom. The van der Waals surface area contributed by atoms with Crippen LogP contribution in [0.25, 0.3) is 0 Å². The molecule has 1 aromatic heterocycles. The van der Waals surface area contributed by atoms with Crippen molar-refractivity contribution in [2.24, 2.45) is 5.92 Å². The Bertz CT molecular complexity index is 350. The summed E-state index contributed by atoms with van der Waals surface area (Å²) < 4.78 is 2.20. The molecule has 0 bridgehead atoms. The Morgan fingerprint density at radius 2 is 2.06 bits per heavy atom. The Balaban J connectivity index is 1.94. The van der Waals surface area contributed by atoms with Crippen LogP contribution in [-0.4, -0.2) is 16.3 Å². The zero-order chi connectivity index (χ0) is 13.0. The fraction of sp³-hybridized carbons (Fsp3) is 0.800. The summed E-state index contributed by atoms with van der Waals surface area (Å²) in [7, 11) is 0. The van der Waals surface area contributed by atoms with E-state index in [4.69, 9.17) is 0 Å². The molecule has 0 aromatic carbocycles. The molecular weight excluding hydrogens is 222 g/mol. The van der Waals surface area contributed by atoms with Crippen LogP contribution in [0.1, 0.15) is 70.5 Å². The first-order valence-corrected chi connectivity index (χ1v) is 7.52. The minimum absolute atomic E-state index is 0.413. The lowest BCUT2D eigenvalue weighted by atomic mass is 9.85. The van der Waals surface area contributed by atoms with Gasteiger partial charge < -0.3 is 5.32 Å². The lowest BCUT2D eigenvalue weighted by molar-refractivity contribution is 0.256. The van der Waals surface area contributed by atoms with Crippen LogP contribution in [0.3, 0.4) is 0 Å². The van der Waals surface area contributed by atoms with E-state index in [-0.39, 0.29) is 0 Å². The van der Waals surface area contributed by atoms with Crippen LogP contribution in [-0.2, 0) is 0 Å². The highest BCUT2D eigenvalue weighted by Crippen LogP contribution is 2.33. The maximum absolute atomic E-state index is 4.57. The molecule has 1 atom stereocenters. The molecule has 2 rings (SSSR count). The van der Waals surface area contributed by atoms with Gasteiger partial charge in [0.2, 0.25) is 0 Å². The molecule has 1 fully saturated rings. The first-order valence-electron chi connectivity index (χ1n) is 7.52. The molecule has 1 heterocycles. The van der Waals surface area contributed by atoms with Crippen molar-refractivity contribution in [2.45, 2.75) is 65.0 Å². The predicted molar refractivity (Wildman–Crippen MR) is 75.6 cm³/mol. The number of rotatable bonds is 5. The largest absolute Gasteiger partial charge is 0.310 e. The first kappa shape index (κ1) is 13.6. The van der Waals surface area contributed by atoms with Gasteiger partial charge in [-0.3, -0.25) is 4.68 Å². The molecule has 1 N–H and O–H groups in total. The van der Waals surface area contributed by atoms with Crippen LogP contribution in [0, 0.1) is 5.92 Å². The van der Waals surface area contributed by atoms with Crippen LogP contribution in [0.4, 0.5) is 0 Å². The topological polar surface area (TPSA) is 29.9 Å². The average Bonchev–Trinajstić information content (AvgIpc) is 2.89. The Labute approximate surface area is 111 Å². The molecular formula is C15H27N3. The Kier molecular flexibility index (Phi) is 4.81. The van der Waals surface area contributed by atoms with E-state index in [0.717, 1.165) is 12.5 Å². The molecule has 0 radical (unpaired) electrons. The Morgan fingerprint density at radius 1 is 1.33 bits per heavy atom. The highest BCUT2D eigenvalue weighted by Gasteiger charge is 2.22. The second-order valence-corrected chi connectivity index (χ2v) is 5.62. The number of hydrogen-bond donors (Lipinski definition) is 1. The van der Waals surface area contributed by atoms with Gasteiger partial charge >= 0.3 is 0 Å². The average molecular weight is 249 g/mol. The molecule has 0 aliphatic heterocycles. The van der Waals surface area contributed by atoms with E-state index in [1.54, 1.807) is 0 Å². The summed E-state index contributed by atoms with van der Waals surface area (Å²) in [5.41, 5.74) is 1.31. The van der Waals surface area contributed by atoms with E-state index >= 15 is 0 Å². The quantitative estimate of drug-likeness (QED) is 0.862. The smallest absolute Gasteiger partial charge is 0.0537 e. The molecule has 1 aromatic rings. The van der Waals surface area contributed by atoms with Crippen molar-refractivity contribution in [1.82, 2.24) is 15.1 Å². The fourth-order valence-corrected chi connectivity index (χ4v) is 3.02. The predicted octanol–water partition coefficient (Wildman–Crippen LogP) is 3.69. The van der Waals surface area contributed by atoms with Crippen molar-refractivity contribution in [1.29, 1.82) is 0 Å². The minimum Gasteiger partial charge on any atom is -0.310 e. The van der Waals surface area contributed by atoms with Gasteiger partial charge in [0.1, 0.15) is 0 Å². The Hall–Kier alpha value is -0.830. The zero-order valence-electron chi connectivity index (χ0n) is 12.0. The molecule has 3 nitrogen and oxygen atoms in total. The van der Waals surface area contributed by atoms with Gasteiger partial charge in [-0.2, -0.15) is 5.10 Å². The van der Waals surface area contributed by atoms with Crippen molar-refractivity contribution in [3.8, 4) is 0 Å². The molecule has 0 spiro atoms. The van der Waals surface area contributed by atoms with Crippen molar-refractivity contribution >= 4 is 0 Å². The van der Waals surface area contributed by atoms with Gasteiger partial charge in [-0.25, -0.2) is 0 Å². The summed E-state index contributed by atoms with van der Waals surface area (Å²) >= 11 is 0. The SMILES string of the molecule is CCNC(C)c1cnn(C2CCC(CC)CC2)c1. The summed E-state index contributed by atoms with van der Waals surface area (Å²) in [4.78, 5) is 0.